The van der Waals surface area contributed by atoms with E-state index in [4.69, 9.17) is 9.84 Å². The molecule has 0 saturated carbocycles. The summed E-state index contributed by atoms with van der Waals surface area (Å²) >= 11 is 0. The standard InChI is InChI=1S/C30H56N2O4/c1-20-22(3)31(9)29(5,6)18-25(20)24(16-14-12-11-13-15-17-27(33)34)28(35)36-26-19-30(7,8)32(10)23(4)21(26)2/h20-26H,11-19H2,1-10H3,(H,33,34). The lowest BCUT2D eigenvalue weighted by Gasteiger charge is -2.53. The molecule has 2 aliphatic heterocycles. The van der Waals surface area contributed by atoms with Crippen LogP contribution in [-0.4, -0.2) is 70.2 Å². The first-order chi connectivity index (χ1) is 16.6. The molecular formula is C30H56N2O4. The second-order valence-electron chi connectivity index (χ2n) is 13.4. The van der Waals surface area contributed by atoms with Crippen molar-refractivity contribution in [3.8, 4) is 0 Å². The maximum atomic E-state index is 13.9. The van der Waals surface area contributed by atoms with E-state index in [2.05, 4.69) is 79.3 Å². The Kier molecular flexibility index (Phi) is 10.9. The van der Waals surface area contributed by atoms with E-state index in [9.17, 15) is 9.59 Å². The van der Waals surface area contributed by atoms with Crippen LogP contribution in [0.3, 0.4) is 0 Å². The van der Waals surface area contributed by atoms with Crippen LogP contribution in [0.5, 0.6) is 0 Å². The van der Waals surface area contributed by atoms with Gasteiger partial charge in [0, 0.05) is 41.9 Å². The van der Waals surface area contributed by atoms with Crippen molar-refractivity contribution in [3.63, 3.8) is 0 Å². The van der Waals surface area contributed by atoms with Gasteiger partial charge >= 0.3 is 11.9 Å². The van der Waals surface area contributed by atoms with Crippen molar-refractivity contribution >= 4 is 11.9 Å². The molecule has 0 amide bonds. The van der Waals surface area contributed by atoms with Crippen molar-refractivity contribution in [1.82, 2.24) is 9.80 Å². The summed E-state index contributed by atoms with van der Waals surface area (Å²) in [5.74, 6) is 0.229. The van der Waals surface area contributed by atoms with Gasteiger partial charge in [0.05, 0.1) is 5.92 Å². The lowest BCUT2D eigenvalue weighted by Crippen LogP contribution is -2.59. The van der Waals surface area contributed by atoms with Gasteiger partial charge in [-0.1, -0.05) is 39.5 Å². The molecule has 2 fully saturated rings. The second-order valence-corrected chi connectivity index (χ2v) is 13.4. The normalized spacial score (nSPS) is 33.7. The molecule has 0 radical (unpaired) electrons. The molecule has 0 aromatic rings. The van der Waals surface area contributed by atoms with Gasteiger partial charge in [0.2, 0.25) is 0 Å². The number of hydrogen-bond acceptors (Lipinski definition) is 5. The molecule has 6 heteroatoms. The molecule has 2 rings (SSSR count). The van der Waals surface area contributed by atoms with E-state index in [1.54, 1.807) is 0 Å². The highest BCUT2D eigenvalue weighted by Gasteiger charge is 2.48. The third-order valence-corrected chi connectivity index (χ3v) is 10.3. The average molecular weight is 509 g/mol. The summed E-state index contributed by atoms with van der Waals surface area (Å²) in [6.45, 7) is 18.2. The minimum Gasteiger partial charge on any atom is -0.481 e. The van der Waals surface area contributed by atoms with Crippen LogP contribution < -0.4 is 0 Å². The van der Waals surface area contributed by atoms with E-state index >= 15 is 0 Å². The highest BCUT2D eigenvalue weighted by Crippen LogP contribution is 2.44. The number of carbonyl (C=O) groups excluding carboxylic acids is 1. The molecule has 36 heavy (non-hydrogen) atoms. The number of esters is 1. The molecule has 0 bridgehead atoms. The molecular weight excluding hydrogens is 452 g/mol. The van der Waals surface area contributed by atoms with Gasteiger partial charge in [0.1, 0.15) is 6.10 Å². The Hall–Kier alpha value is -1.14. The number of unbranched alkanes of at least 4 members (excludes halogenated alkanes) is 4. The number of carboxylic acids is 1. The monoisotopic (exact) mass is 508 g/mol. The molecule has 0 aromatic heterocycles. The summed E-state index contributed by atoms with van der Waals surface area (Å²) in [5.41, 5.74) is 0.0446. The molecule has 2 heterocycles. The van der Waals surface area contributed by atoms with Crippen molar-refractivity contribution in [2.24, 2.45) is 23.7 Å². The van der Waals surface area contributed by atoms with Gasteiger partial charge in [-0.25, -0.2) is 0 Å². The summed E-state index contributed by atoms with van der Waals surface area (Å²) < 4.78 is 6.43. The Morgan fingerprint density at radius 2 is 1.33 bits per heavy atom. The molecule has 2 aliphatic rings. The predicted octanol–water partition coefficient (Wildman–Crippen LogP) is 6.22. The Balaban J connectivity index is 2.14. The van der Waals surface area contributed by atoms with E-state index in [0.717, 1.165) is 51.4 Å². The lowest BCUT2D eigenvalue weighted by molar-refractivity contribution is -0.171. The van der Waals surface area contributed by atoms with Crippen LogP contribution in [-0.2, 0) is 14.3 Å². The number of piperidine rings is 2. The number of rotatable bonds is 11. The number of ether oxygens (including phenoxy) is 1. The molecule has 0 aromatic carbocycles. The molecule has 1 N–H and O–H groups in total. The van der Waals surface area contributed by atoms with Crippen LogP contribution in [0.4, 0.5) is 0 Å². The smallest absolute Gasteiger partial charge is 0.309 e. The number of nitrogens with zero attached hydrogens (tertiary/aromatic N) is 2. The minimum atomic E-state index is -0.716. The van der Waals surface area contributed by atoms with Gasteiger partial charge in [-0.3, -0.25) is 19.4 Å². The van der Waals surface area contributed by atoms with Crippen LogP contribution in [0, 0.1) is 23.7 Å². The molecule has 7 unspecified atom stereocenters. The molecule has 7 atom stereocenters. The fourth-order valence-corrected chi connectivity index (χ4v) is 6.78. The molecule has 6 nitrogen and oxygen atoms in total. The lowest BCUT2D eigenvalue weighted by atomic mass is 9.67. The molecule has 2 saturated heterocycles. The summed E-state index contributed by atoms with van der Waals surface area (Å²) in [4.78, 5) is 29.6. The zero-order chi connectivity index (χ0) is 27.4. The Morgan fingerprint density at radius 3 is 1.92 bits per heavy atom. The van der Waals surface area contributed by atoms with Crippen molar-refractivity contribution in [1.29, 1.82) is 0 Å². The third-order valence-electron chi connectivity index (χ3n) is 10.3. The number of likely N-dealkylation sites (tertiary alicyclic amines) is 2. The van der Waals surface area contributed by atoms with Crippen LogP contribution in [0.25, 0.3) is 0 Å². The zero-order valence-electron chi connectivity index (χ0n) is 25.0. The quantitative estimate of drug-likeness (QED) is 0.264. The highest BCUT2D eigenvalue weighted by atomic mass is 16.5. The Morgan fingerprint density at radius 1 is 0.833 bits per heavy atom. The first-order valence-electron chi connectivity index (χ1n) is 14.5. The van der Waals surface area contributed by atoms with Gasteiger partial charge in [0.25, 0.3) is 0 Å². The SMILES string of the molecule is CC1C(OC(=O)C(CCCCCCCC(=O)O)C2CC(C)(C)N(C)C(C)C2C)CC(C)(C)N(C)C1C. The topological polar surface area (TPSA) is 70.1 Å². The number of carbonyl (C=O) groups is 2. The first kappa shape index (κ1) is 31.1. The summed E-state index contributed by atoms with van der Waals surface area (Å²) in [5, 5.41) is 8.86. The van der Waals surface area contributed by atoms with Gasteiger partial charge in [-0.15, -0.1) is 0 Å². The fourth-order valence-electron chi connectivity index (χ4n) is 6.78. The van der Waals surface area contributed by atoms with Crippen molar-refractivity contribution in [2.75, 3.05) is 14.1 Å². The van der Waals surface area contributed by atoms with Crippen molar-refractivity contribution in [2.45, 2.75) is 142 Å². The fraction of sp³-hybridized carbons (Fsp3) is 0.933. The van der Waals surface area contributed by atoms with E-state index in [0.29, 0.717) is 29.8 Å². The molecule has 210 valence electrons. The zero-order valence-corrected chi connectivity index (χ0v) is 25.0. The molecule has 0 aliphatic carbocycles. The van der Waals surface area contributed by atoms with Gasteiger partial charge in [-0.2, -0.15) is 0 Å². The van der Waals surface area contributed by atoms with E-state index < -0.39 is 5.97 Å². The summed E-state index contributed by atoms with van der Waals surface area (Å²) in [6.07, 6.45) is 7.65. The maximum Gasteiger partial charge on any atom is 0.309 e. The summed E-state index contributed by atoms with van der Waals surface area (Å²) in [6, 6.07) is 0.767. The van der Waals surface area contributed by atoms with E-state index in [1.807, 2.05) is 0 Å². The highest BCUT2D eigenvalue weighted by molar-refractivity contribution is 5.73. The van der Waals surface area contributed by atoms with Crippen molar-refractivity contribution in [3.05, 3.63) is 0 Å². The average Bonchev–Trinajstić information content (AvgIpc) is 2.79. The number of hydrogen-bond donors (Lipinski definition) is 1. The van der Waals surface area contributed by atoms with E-state index in [-0.39, 0.29) is 35.5 Å². The maximum absolute atomic E-state index is 13.9. The van der Waals surface area contributed by atoms with Crippen molar-refractivity contribution < 1.29 is 19.4 Å². The van der Waals surface area contributed by atoms with Gasteiger partial charge < -0.3 is 9.84 Å². The Bertz CT molecular complexity index is 736. The Labute approximate surface area is 221 Å². The molecule has 0 spiro atoms. The second kappa shape index (κ2) is 12.6. The number of aliphatic carboxylic acids is 1. The predicted molar refractivity (Wildman–Crippen MR) is 147 cm³/mol. The first-order valence-corrected chi connectivity index (χ1v) is 14.5. The van der Waals surface area contributed by atoms with Gasteiger partial charge in [0.15, 0.2) is 0 Å². The van der Waals surface area contributed by atoms with E-state index in [1.165, 1.54) is 0 Å². The van der Waals surface area contributed by atoms with Crippen LogP contribution >= 0.6 is 0 Å². The van der Waals surface area contributed by atoms with Crippen LogP contribution in [0.1, 0.15) is 113 Å². The largest absolute Gasteiger partial charge is 0.481 e. The third kappa shape index (κ3) is 7.46. The van der Waals surface area contributed by atoms with Crippen LogP contribution in [0.15, 0.2) is 0 Å². The minimum absolute atomic E-state index is 0.000328. The number of carboxylic acid groups (broad SMARTS) is 1. The summed E-state index contributed by atoms with van der Waals surface area (Å²) in [7, 11) is 4.40. The van der Waals surface area contributed by atoms with Crippen LogP contribution in [0.2, 0.25) is 0 Å². The van der Waals surface area contributed by atoms with Gasteiger partial charge in [-0.05, 0) is 86.7 Å².